The molecule has 0 spiro atoms. The Bertz CT molecular complexity index is 694. The highest BCUT2D eigenvalue weighted by molar-refractivity contribution is 5.81. The van der Waals surface area contributed by atoms with Gasteiger partial charge in [-0.1, -0.05) is 5.11 Å². The van der Waals surface area contributed by atoms with Crippen molar-refractivity contribution in [2.45, 2.75) is 31.4 Å². The van der Waals surface area contributed by atoms with Crippen LogP contribution < -0.4 is 5.73 Å². The summed E-state index contributed by atoms with van der Waals surface area (Å²) in [4.78, 5) is 14.8. The molecule has 104 valence electrons. The van der Waals surface area contributed by atoms with Crippen LogP contribution >= 0.6 is 0 Å². The summed E-state index contributed by atoms with van der Waals surface area (Å²) in [5.74, 6) is 0.251. The minimum absolute atomic E-state index is 0.251. The number of ether oxygens (including phenoxy) is 1. The molecule has 1 saturated heterocycles. The van der Waals surface area contributed by atoms with Gasteiger partial charge < -0.3 is 15.6 Å². The number of aliphatic hydroxyl groups is 1. The first-order valence-corrected chi connectivity index (χ1v) is 5.94. The summed E-state index contributed by atoms with van der Waals surface area (Å²) in [6.45, 7) is 1.73. The number of anilines is 1. The maximum Gasteiger partial charge on any atom is 0.167 e. The molecule has 2 aromatic rings. The summed E-state index contributed by atoms with van der Waals surface area (Å²) >= 11 is 0. The minimum Gasteiger partial charge on any atom is -0.388 e. The Morgan fingerprint density at radius 1 is 1.50 bits per heavy atom. The van der Waals surface area contributed by atoms with Crippen LogP contribution in [0.2, 0.25) is 0 Å². The highest BCUT2D eigenvalue weighted by Gasteiger charge is 2.42. The molecule has 0 unspecified atom stereocenters. The molecule has 2 aromatic heterocycles. The molecular weight excluding hydrogens is 264 g/mol. The largest absolute Gasteiger partial charge is 0.388 e. The summed E-state index contributed by atoms with van der Waals surface area (Å²) in [6, 6.07) is -0.665. The van der Waals surface area contributed by atoms with Crippen LogP contribution in [0.3, 0.4) is 0 Å². The molecule has 0 amide bonds. The first-order chi connectivity index (χ1) is 9.63. The van der Waals surface area contributed by atoms with E-state index in [1.165, 1.54) is 12.7 Å². The average Bonchev–Trinajstić information content (AvgIpc) is 2.96. The fourth-order valence-electron chi connectivity index (χ4n) is 2.34. The van der Waals surface area contributed by atoms with Gasteiger partial charge in [0.05, 0.1) is 18.5 Å². The third kappa shape index (κ3) is 1.74. The SMILES string of the molecule is C[C@H]1O[C@@H](n2cnc3c(N)ncnc32)[C@@H](O)[C@@H]1N=[N+]=[N-]. The van der Waals surface area contributed by atoms with E-state index < -0.39 is 24.5 Å². The van der Waals surface area contributed by atoms with Crippen molar-refractivity contribution >= 4 is 17.0 Å². The lowest BCUT2D eigenvalue weighted by atomic mass is 10.1. The number of imidazole rings is 1. The maximum absolute atomic E-state index is 10.2. The number of hydrogen-bond acceptors (Lipinski definition) is 7. The number of aliphatic hydroxyl groups excluding tert-OH is 1. The van der Waals surface area contributed by atoms with E-state index in [9.17, 15) is 5.11 Å². The van der Waals surface area contributed by atoms with Gasteiger partial charge in [-0.25, -0.2) is 15.0 Å². The molecule has 3 rings (SSSR count). The summed E-state index contributed by atoms with van der Waals surface area (Å²) in [6.07, 6.45) is 0.636. The smallest absolute Gasteiger partial charge is 0.167 e. The standard InChI is InChI=1S/C10H12N8O2/c1-4-5(16-17-12)7(19)10(20-4)18-3-15-6-8(11)13-2-14-9(6)18/h2-5,7,10,19H,1H3,(H2,11,13,14)/t4-,5-,7+,10-/m1/s1. The number of nitrogens with two attached hydrogens (primary N) is 1. The lowest BCUT2D eigenvalue weighted by Gasteiger charge is -2.16. The molecule has 1 aliphatic heterocycles. The van der Waals surface area contributed by atoms with Crippen LogP contribution in [0.25, 0.3) is 21.6 Å². The Morgan fingerprint density at radius 3 is 3.05 bits per heavy atom. The van der Waals surface area contributed by atoms with Crippen molar-refractivity contribution in [3.8, 4) is 0 Å². The average molecular weight is 276 g/mol. The minimum atomic E-state index is -0.991. The molecule has 3 N–H and O–H groups in total. The summed E-state index contributed by atoms with van der Waals surface area (Å²) < 4.78 is 7.19. The number of aromatic nitrogens is 4. The van der Waals surface area contributed by atoms with Gasteiger partial charge >= 0.3 is 0 Å². The maximum atomic E-state index is 10.2. The molecule has 1 aliphatic rings. The molecule has 3 heterocycles. The Balaban J connectivity index is 2.04. The van der Waals surface area contributed by atoms with Crippen LogP contribution in [-0.4, -0.2) is 42.9 Å². The van der Waals surface area contributed by atoms with Crippen LogP contribution in [0, 0.1) is 0 Å². The fraction of sp³-hybridized carbons (Fsp3) is 0.500. The van der Waals surface area contributed by atoms with E-state index in [0.717, 1.165) is 0 Å². The lowest BCUT2D eigenvalue weighted by molar-refractivity contribution is -0.0297. The zero-order chi connectivity index (χ0) is 14.3. The van der Waals surface area contributed by atoms with E-state index in [1.54, 1.807) is 11.5 Å². The predicted octanol–water partition coefficient (Wildman–Crippen LogP) is 0.366. The van der Waals surface area contributed by atoms with E-state index in [-0.39, 0.29) is 5.82 Å². The van der Waals surface area contributed by atoms with Gasteiger partial charge in [0, 0.05) is 4.91 Å². The normalized spacial score (nSPS) is 29.5. The molecule has 20 heavy (non-hydrogen) atoms. The molecule has 0 aliphatic carbocycles. The van der Waals surface area contributed by atoms with Crippen molar-refractivity contribution in [2.75, 3.05) is 5.73 Å². The van der Waals surface area contributed by atoms with Gasteiger partial charge in [-0.15, -0.1) is 0 Å². The number of rotatable bonds is 2. The van der Waals surface area contributed by atoms with Crippen LogP contribution in [0.1, 0.15) is 13.2 Å². The molecule has 10 heteroatoms. The Hall–Kier alpha value is -2.42. The number of nitrogen functional groups attached to an aromatic ring is 1. The summed E-state index contributed by atoms with van der Waals surface area (Å²) in [5.41, 5.74) is 15.1. The molecule has 0 aromatic carbocycles. The molecule has 0 bridgehead atoms. The summed E-state index contributed by atoms with van der Waals surface area (Å²) in [7, 11) is 0. The fourth-order valence-corrected chi connectivity index (χ4v) is 2.34. The van der Waals surface area contributed by atoms with E-state index in [0.29, 0.717) is 11.2 Å². The molecule has 1 fully saturated rings. The Morgan fingerprint density at radius 2 is 2.30 bits per heavy atom. The van der Waals surface area contributed by atoms with Crippen LogP contribution in [0.4, 0.5) is 5.82 Å². The van der Waals surface area contributed by atoms with Crippen molar-refractivity contribution in [2.24, 2.45) is 5.11 Å². The van der Waals surface area contributed by atoms with Gasteiger partial charge in [0.25, 0.3) is 0 Å². The van der Waals surface area contributed by atoms with Crippen molar-refractivity contribution in [3.05, 3.63) is 23.1 Å². The van der Waals surface area contributed by atoms with Crippen molar-refractivity contribution in [3.63, 3.8) is 0 Å². The van der Waals surface area contributed by atoms with E-state index in [2.05, 4.69) is 25.0 Å². The Kier molecular flexibility index (Phi) is 2.90. The molecule has 10 nitrogen and oxygen atoms in total. The highest BCUT2D eigenvalue weighted by Crippen LogP contribution is 2.33. The van der Waals surface area contributed by atoms with E-state index >= 15 is 0 Å². The third-order valence-corrected chi connectivity index (χ3v) is 3.32. The second-order valence-electron chi connectivity index (χ2n) is 4.50. The number of azide groups is 1. The number of fused-ring (bicyclic) bond motifs is 1. The summed E-state index contributed by atoms with van der Waals surface area (Å²) in [5, 5.41) is 13.8. The Labute approximate surface area is 112 Å². The zero-order valence-corrected chi connectivity index (χ0v) is 10.5. The molecule has 0 radical (unpaired) electrons. The van der Waals surface area contributed by atoms with Gasteiger partial charge in [-0.2, -0.15) is 0 Å². The topological polar surface area (TPSA) is 148 Å². The van der Waals surface area contributed by atoms with Crippen LogP contribution in [-0.2, 0) is 4.74 Å². The first-order valence-electron chi connectivity index (χ1n) is 5.94. The highest BCUT2D eigenvalue weighted by atomic mass is 16.5. The first kappa shape index (κ1) is 12.6. The zero-order valence-electron chi connectivity index (χ0n) is 10.5. The predicted molar refractivity (Wildman–Crippen MR) is 68.3 cm³/mol. The van der Waals surface area contributed by atoms with E-state index in [4.69, 9.17) is 16.0 Å². The van der Waals surface area contributed by atoms with Gasteiger partial charge in [0.1, 0.15) is 17.9 Å². The quantitative estimate of drug-likeness (QED) is 0.459. The van der Waals surface area contributed by atoms with Crippen molar-refractivity contribution in [1.29, 1.82) is 0 Å². The second kappa shape index (κ2) is 4.60. The third-order valence-electron chi connectivity index (χ3n) is 3.32. The lowest BCUT2D eigenvalue weighted by Crippen LogP contribution is -2.28. The van der Waals surface area contributed by atoms with Crippen LogP contribution in [0.15, 0.2) is 17.8 Å². The number of hydrogen-bond donors (Lipinski definition) is 2. The number of nitrogens with zero attached hydrogens (tertiary/aromatic N) is 7. The van der Waals surface area contributed by atoms with Crippen molar-refractivity contribution < 1.29 is 9.84 Å². The van der Waals surface area contributed by atoms with Gasteiger partial charge in [-0.3, -0.25) is 4.57 Å². The molecule has 4 atom stereocenters. The van der Waals surface area contributed by atoms with E-state index in [1.807, 2.05) is 0 Å². The monoisotopic (exact) mass is 276 g/mol. The molecule has 0 saturated carbocycles. The van der Waals surface area contributed by atoms with Gasteiger partial charge in [0.15, 0.2) is 17.7 Å². The second-order valence-corrected chi connectivity index (χ2v) is 4.50. The molecular formula is C10H12N8O2. The van der Waals surface area contributed by atoms with Gasteiger partial charge in [0.2, 0.25) is 0 Å². The van der Waals surface area contributed by atoms with Crippen molar-refractivity contribution in [1.82, 2.24) is 19.5 Å². The van der Waals surface area contributed by atoms with Crippen LogP contribution in [0.5, 0.6) is 0 Å². The van der Waals surface area contributed by atoms with Gasteiger partial charge in [-0.05, 0) is 12.5 Å².